The third kappa shape index (κ3) is 11.4. The summed E-state index contributed by atoms with van der Waals surface area (Å²) in [5.41, 5.74) is 1.08. The predicted octanol–water partition coefficient (Wildman–Crippen LogP) is 5.38. The highest BCUT2D eigenvalue weighted by molar-refractivity contribution is 5.73. The summed E-state index contributed by atoms with van der Waals surface area (Å²) < 4.78 is 37.7. The molecule has 0 saturated carbocycles. The maximum absolute atomic E-state index is 13.3. The maximum Gasteiger partial charge on any atom is 0.413 e. The van der Waals surface area contributed by atoms with Crippen LogP contribution >= 0.6 is 0 Å². The Hall–Kier alpha value is -4.28. The van der Waals surface area contributed by atoms with Gasteiger partial charge in [-0.1, -0.05) is 103 Å². The Kier molecular flexibility index (Phi) is 13.7. The summed E-state index contributed by atoms with van der Waals surface area (Å²) in [6, 6.07) is 27.7. The van der Waals surface area contributed by atoms with Crippen molar-refractivity contribution in [1.29, 1.82) is 0 Å². The number of ether oxygens (including phenoxy) is 6. The Morgan fingerprint density at radius 1 is 0.887 bits per heavy atom. The number of nitrogens with zero attached hydrogens (tertiary/aromatic N) is 1. The third-order valence-corrected chi connectivity index (χ3v) is 8.87. The monoisotopic (exact) mass is 728 g/mol. The molecule has 0 radical (unpaired) electrons. The first-order valence-electron chi connectivity index (χ1n) is 18.0. The van der Waals surface area contributed by atoms with Gasteiger partial charge in [-0.05, 0) is 51.3 Å². The Morgan fingerprint density at radius 3 is 1.94 bits per heavy atom. The van der Waals surface area contributed by atoms with Gasteiger partial charge in [-0.3, -0.25) is 9.69 Å². The minimum Gasteiger partial charge on any atom is -0.444 e. The smallest absolute Gasteiger partial charge is 0.413 e. The Bertz CT molecular complexity index is 1670. The van der Waals surface area contributed by atoms with Crippen molar-refractivity contribution < 1.29 is 43.1 Å². The standard InChI is InChI=1S/C42H52N2O9/c1-29(45)43-37-35(23-22-34(46)33-27-51-42(5,6)44(33)40(47)53-41(2,3)4)52-36(28-48-24-30-16-10-7-11-17-30)38(49-25-31-18-12-8-13-19-31)39(37)50-26-32-20-14-9-15-21-32/h7-21,33-39,46H,24-28H2,1-6H3,(H,43,45)/t33-,34+,35-,36-,37-,38-,39-/m1/s1. The second-order valence-corrected chi connectivity index (χ2v) is 14.8. The summed E-state index contributed by atoms with van der Waals surface area (Å²) in [6.07, 6.45) is -5.04. The molecule has 2 saturated heterocycles. The number of amides is 2. The van der Waals surface area contributed by atoms with E-state index in [0.717, 1.165) is 16.7 Å². The van der Waals surface area contributed by atoms with Crippen molar-refractivity contribution in [1.82, 2.24) is 10.2 Å². The summed E-state index contributed by atoms with van der Waals surface area (Å²) >= 11 is 0. The number of nitrogens with one attached hydrogen (secondary N) is 1. The average Bonchev–Trinajstić information content (AvgIpc) is 3.45. The largest absolute Gasteiger partial charge is 0.444 e. The molecule has 2 amide bonds. The number of aliphatic hydroxyl groups is 1. The van der Waals surface area contributed by atoms with Crippen molar-refractivity contribution in [2.24, 2.45) is 0 Å². The first-order chi connectivity index (χ1) is 25.3. The fourth-order valence-electron chi connectivity index (χ4n) is 6.39. The van der Waals surface area contributed by atoms with Crippen LogP contribution in [0.1, 0.15) is 58.2 Å². The zero-order chi connectivity index (χ0) is 38.0. The molecule has 53 heavy (non-hydrogen) atoms. The Balaban J connectivity index is 1.47. The Labute approximate surface area is 312 Å². The normalized spacial score (nSPS) is 24.5. The number of hydrogen-bond acceptors (Lipinski definition) is 9. The number of carbonyl (C=O) groups excluding carboxylic acids is 2. The van der Waals surface area contributed by atoms with Crippen molar-refractivity contribution in [2.75, 3.05) is 13.2 Å². The molecule has 7 atom stereocenters. The van der Waals surface area contributed by atoms with E-state index >= 15 is 0 Å². The molecule has 11 heteroatoms. The van der Waals surface area contributed by atoms with Gasteiger partial charge in [0.15, 0.2) is 0 Å². The Morgan fingerprint density at radius 2 is 1.42 bits per heavy atom. The van der Waals surface area contributed by atoms with Crippen LogP contribution in [0.3, 0.4) is 0 Å². The predicted molar refractivity (Wildman–Crippen MR) is 198 cm³/mol. The topological polar surface area (TPSA) is 125 Å². The lowest BCUT2D eigenvalue weighted by atomic mass is 9.91. The molecule has 0 bridgehead atoms. The minimum absolute atomic E-state index is 0.0386. The highest BCUT2D eigenvalue weighted by Gasteiger charge is 2.50. The van der Waals surface area contributed by atoms with Crippen LogP contribution in [0.15, 0.2) is 91.0 Å². The molecule has 2 aliphatic rings. The van der Waals surface area contributed by atoms with E-state index in [9.17, 15) is 14.7 Å². The lowest BCUT2D eigenvalue weighted by Crippen LogP contribution is -2.65. The summed E-state index contributed by atoms with van der Waals surface area (Å²) in [4.78, 5) is 27.4. The van der Waals surface area contributed by atoms with Crippen molar-refractivity contribution in [3.8, 4) is 11.8 Å². The van der Waals surface area contributed by atoms with E-state index in [1.807, 2.05) is 91.0 Å². The van der Waals surface area contributed by atoms with E-state index in [4.69, 9.17) is 28.4 Å². The molecule has 11 nitrogen and oxygen atoms in total. The SMILES string of the molecule is CC(=O)N[C@H]1[C@@H](OCc2ccccc2)[C@H](OCc2ccccc2)[C@@H](COCc2ccccc2)O[C@@H]1C#C[C@H](O)[C@H]1COC(C)(C)N1C(=O)OC(C)(C)C. The number of aliphatic hydroxyl groups excluding tert-OH is 1. The quantitative estimate of drug-likeness (QED) is 0.237. The molecule has 2 heterocycles. The van der Waals surface area contributed by atoms with Crippen LogP contribution in [-0.2, 0) is 53.0 Å². The van der Waals surface area contributed by atoms with Crippen LogP contribution in [0, 0.1) is 11.8 Å². The zero-order valence-corrected chi connectivity index (χ0v) is 31.4. The van der Waals surface area contributed by atoms with Gasteiger partial charge in [0.05, 0.1) is 45.1 Å². The molecule has 284 valence electrons. The first-order valence-corrected chi connectivity index (χ1v) is 18.0. The molecule has 0 aromatic heterocycles. The molecule has 0 unspecified atom stereocenters. The van der Waals surface area contributed by atoms with Crippen LogP contribution < -0.4 is 5.32 Å². The van der Waals surface area contributed by atoms with Gasteiger partial charge >= 0.3 is 6.09 Å². The summed E-state index contributed by atoms with van der Waals surface area (Å²) in [5.74, 6) is 5.68. The van der Waals surface area contributed by atoms with Gasteiger partial charge in [-0.15, -0.1) is 0 Å². The van der Waals surface area contributed by atoms with Crippen molar-refractivity contribution in [3.05, 3.63) is 108 Å². The fraction of sp³-hybridized carbons (Fsp3) is 0.476. The molecule has 3 aromatic rings. The summed E-state index contributed by atoms with van der Waals surface area (Å²) in [7, 11) is 0. The molecular formula is C42H52N2O9. The number of benzene rings is 3. The molecular weight excluding hydrogens is 676 g/mol. The van der Waals surface area contributed by atoms with Crippen molar-refractivity contribution in [2.45, 2.75) is 115 Å². The van der Waals surface area contributed by atoms with Crippen LogP contribution in [0.25, 0.3) is 0 Å². The second kappa shape index (κ2) is 18.2. The molecule has 2 fully saturated rings. The van der Waals surface area contributed by atoms with E-state index in [1.165, 1.54) is 11.8 Å². The fourth-order valence-corrected chi connectivity index (χ4v) is 6.39. The van der Waals surface area contributed by atoms with Crippen LogP contribution in [-0.4, -0.2) is 89.2 Å². The number of rotatable bonds is 12. The van der Waals surface area contributed by atoms with Crippen molar-refractivity contribution in [3.63, 3.8) is 0 Å². The van der Waals surface area contributed by atoms with Gasteiger partial charge in [0, 0.05) is 6.92 Å². The van der Waals surface area contributed by atoms with E-state index < -0.39 is 60.0 Å². The highest BCUT2D eigenvalue weighted by Crippen LogP contribution is 2.32. The lowest BCUT2D eigenvalue weighted by molar-refractivity contribution is -0.222. The minimum atomic E-state index is -1.34. The molecule has 2 aliphatic heterocycles. The highest BCUT2D eigenvalue weighted by atomic mass is 16.6. The van der Waals surface area contributed by atoms with Crippen LogP contribution in [0.2, 0.25) is 0 Å². The first kappa shape index (κ1) is 39.9. The summed E-state index contributed by atoms with van der Waals surface area (Å²) in [5, 5.41) is 14.5. The lowest BCUT2D eigenvalue weighted by Gasteiger charge is -2.45. The third-order valence-electron chi connectivity index (χ3n) is 8.87. The zero-order valence-electron chi connectivity index (χ0n) is 31.4. The second-order valence-electron chi connectivity index (χ2n) is 14.8. The van der Waals surface area contributed by atoms with Gasteiger partial charge in [0.2, 0.25) is 5.91 Å². The molecule has 0 aliphatic carbocycles. The molecule has 5 rings (SSSR count). The van der Waals surface area contributed by atoms with Gasteiger partial charge in [-0.2, -0.15) is 0 Å². The summed E-state index contributed by atoms with van der Waals surface area (Å²) in [6.45, 7) is 11.2. The van der Waals surface area contributed by atoms with Gasteiger partial charge in [0.25, 0.3) is 0 Å². The molecule has 3 aromatic carbocycles. The van der Waals surface area contributed by atoms with E-state index in [-0.39, 0.29) is 32.3 Å². The van der Waals surface area contributed by atoms with E-state index in [2.05, 4.69) is 17.2 Å². The average molecular weight is 729 g/mol. The number of carbonyl (C=O) groups is 2. The molecule has 0 spiro atoms. The van der Waals surface area contributed by atoms with Crippen LogP contribution in [0.5, 0.6) is 0 Å². The van der Waals surface area contributed by atoms with Crippen LogP contribution in [0.4, 0.5) is 4.79 Å². The number of hydrogen-bond donors (Lipinski definition) is 2. The van der Waals surface area contributed by atoms with E-state index in [1.54, 1.807) is 34.6 Å². The van der Waals surface area contributed by atoms with E-state index in [0.29, 0.717) is 6.61 Å². The van der Waals surface area contributed by atoms with Gasteiger partial charge < -0.3 is 38.8 Å². The van der Waals surface area contributed by atoms with Crippen molar-refractivity contribution >= 4 is 12.0 Å². The molecule has 2 N–H and O–H groups in total. The maximum atomic E-state index is 13.3. The van der Waals surface area contributed by atoms with Gasteiger partial charge in [0.1, 0.15) is 41.8 Å². The van der Waals surface area contributed by atoms with Gasteiger partial charge in [-0.25, -0.2) is 4.79 Å².